The fourth-order valence-corrected chi connectivity index (χ4v) is 0.690. The van der Waals surface area contributed by atoms with Gasteiger partial charge in [-0.05, 0) is 19.4 Å². The summed E-state index contributed by atoms with van der Waals surface area (Å²) in [6.45, 7) is 1.46. The molecule has 0 aromatic rings. The second kappa shape index (κ2) is 2.26. The maximum atomic E-state index is 12.1. The van der Waals surface area contributed by atoms with Crippen molar-refractivity contribution in [2.24, 2.45) is 0 Å². The van der Waals surface area contributed by atoms with Crippen molar-refractivity contribution in [2.45, 2.75) is 12.6 Å². The lowest BCUT2D eigenvalue weighted by Crippen LogP contribution is -2.31. The molecular formula is C5H9FN. The highest BCUT2D eigenvalue weighted by Gasteiger charge is 2.09. The standard InChI is InChI=1S/C5H9FN/c6-5-2-1-3-7-4-5/h2,5,7H,1,3-4H2/t5-/m0/s1. The molecular weight excluding hydrogens is 93.1 g/mol. The van der Waals surface area contributed by atoms with Gasteiger partial charge in [-0.3, -0.25) is 0 Å². The Morgan fingerprint density at radius 2 is 2.57 bits per heavy atom. The molecule has 1 aliphatic heterocycles. The van der Waals surface area contributed by atoms with Gasteiger partial charge in [-0.25, -0.2) is 4.39 Å². The Balaban J connectivity index is 2.12. The summed E-state index contributed by atoms with van der Waals surface area (Å²) in [7, 11) is 0. The number of hydrogen-bond donors (Lipinski definition) is 1. The Bertz CT molecular complexity index is 50.0. The third-order valence-corrected chi connectivity index (χ3v) is 1.08. The Labute approximate surface area is 42.9 Å². The molecule has 1 fully saturated rings. The Morgan fingerprint density at radius 1 is 1.71 bits per heavy atom. The van der Waals surface area contributed by atoms with Crippen LogP contribution in [0.3, 0.4) is 0 Å². The third kappa shape index (κ3) is 1.43. The molecule has 7 heavy (non-hydrogen) atoms. The van der Waals surface area contributed by atoms with Gasteiger partial charge in [-0.2, -0.15) is 0 Å². The average Bonchev–Trinajstić information content (AvgIpc) is 1.69. The van der Waals surface area contributed by atoms with E-state index in [1.165, 1.54) is 0 Å². The largest absolute Gasteiger partial charge is 0.314 e. The Morgan fingerprint density at radius 3 is 2.86 bits per heavy atom. The second-order valence-electron chi connectivity index (χ2n) is 1.74. The molecule has 0 aromatic heterocycles. The maximum absolute atomic E-state index is 12.1. The van der Waals surface area contributed by atoms with E-state index in [0.29, 0.717) is 6.54 Å². The molecule has 1 saturated heterocycles. The second-order valence-corrected chi connectivity index (χ2v) is 1.74. The topological polar surface area (TPSA) is 12.0 Å². The summed E-state index contributed by atoms with van der Waals surface area (Å²) in [6, 6.07) is 0. The van der Waals surface area contributed by atoms with E-state index in [0.717, 1.165) is 13.0 Å². The Hall–Kier alpha value is -0.110. The van der Waals surface area contributed by atoms with Gasteiger partial charge in [0.25, 0.3) is 0 Å². The van der Waals surface area contributed by atoms with Crippen LogP contribution in [0.2, 0.25) is 0 Å². The molecule has 1 rings (SSSR count). The molecule has 41 valence electrons. The van der Waals surface area contributed by atoms with E-state index in [1.807, 2.05) is 0 Å². The summed E-state index contributed by atoms with van der Waals surface area (Å²) in [5, 5.41) is 2.93. The zero-order valence-electron chi connectivity index (χ0n) is 4.15. The molecule has 1 N–H and O–H groups in total. The summed E-state index contributed by atoms with van der Waals surface area (Å²) >= 11 is 0. The molecule has 0 spiro atoms. The van der Waals surface area contributed by atoms with Crippen LogP contribution in [0.25, 0.3) is 0 Å². The van der Waals surface area contributed by atoms with E-state index in [-0.39, 0.29) is 0 Å². The Kier molecular flexibility index (Phi) is 1.63. The first-order valence-electron chi connectivity index (χ1n) is 2.58. The highest BCUT2D eigenvalue weighted by atomic mass is 19.1. The quantitative estimate of drug-likeness (QED) is 0.470. The number of rotatable bonds is 0. The molecule has 1 aliphatic rings. The maximum Gasteiger partial charge on any atom is 0.116 e. The first kappa shape index (κ1) is 5.04. The van der Waals surface area contributed by atoms with Crippen LogP contribution >= 0.6 is 0 Å². The average molecular weight is 102 g/mol. The van der Waals surface area contributed by atoms with Crippen molar-refractivity contribution >= 4 is 0 Å². The number of alkyl halides is 1. The van der Waals surface area contributed by atoms with Gasteiger partial charge >= 0.3 is 0 Å². The van der Waals surface area contributed by atoms with Gasteiger partial charge in [-0.1, -0.05) is 0 Å². The lowest BCUT2D eigenvalue weighted by atomic mass is 10.1. The van der Waals surface area contributed by atoms with Crippen molar-refractivity contribution in [3.05, 3.63) is 6.42 Å². The molecule has 1 atom stereocenters. The van der Waals surface area contributed by atoms with Gasteiger partial charge in [0.2, 0.25) is 0 Å². The highest BCUT2D eigenvalue weighted by molar-refractivity contribution is 4.82. The normalized spacial score (nSPS) is 33.0. The van der Waals surface area contributed by atoms with E-state index in [1.54, 1.807) is 6.42 Å². The van der Waals surface area contributed by atoms with E-state index in [4.69, 9.17) is 0 Å². The van der Waals surface area contributed by atoms with Gasteiger partial charge in [-0.15, -0.1) is 0 Å². The monoisotopic (exact) mass is 102 g/mol. The van der Waals surface area contributed by atoms with Crippen LogP contribution in [0.15, 0.2) is 0 Å². The summed E-state index contributed by atoms with van der Waals surface area (Å²) in [6.07, 6.45) is 1.88. The first-order chi connectivity index (χ1) is 3.39. The van der Waals surface area contributed by atoms with Crippen LogP contribution in [0.5, 0.6) is 0 Å². The van der Waals surface area contributed by atoms with Crippen LogP contribution in [0.4, 0.5) is 4.39 Å². The molecule has 0 unspecified atom stereocenters. The predicted molar refractivity (Wildman–Crippen MR) is 26.7 cm³/mol. The number of halogens is 1. The van der Waals surface area contributed by atoms with Crippen molar-refractivity contribution in [1.82, 2.24) is 5.32 Å². The number of nitrogens with one attached hydrogen (secondary N) is 1. The van der Waals surface area contributed by atoms with Crippen molar-refractivity contribution in [2.75, 3.05) is 13.1 Å². The van der Waals surface area contributed by atoms with Crippen molar-refractivity contribution in [3.8, 4) is 0 Å². The van der Waals surface area contributed by atoms with Crippen molar-refractivity contribution < 1.29 is 4.39 Å². The van der Waals surface area contributed by atoms with Crippen LogP contribution in [-0.4, -0.2) is 19.3 Å². The molecule has 0 aromatic carbocycles. The third-order valence-electron chi connectivity index (χ3n) is 1.08. The fourth-order valence-electron chi connectivity index (χ4n) is 0.690. The van der Waals surface area contributed by atoms with Gasteiger partial charge in [0.05, 0.1) is 0 Å². The summed E-state index contributed by atoms with van der Waals surface area (Å²) in [5.41, 5.74) is 0. The SMILES string of the molecule is F[C@H]1[CH]CCNC1. The van der Waals surface area contributed by atoms with Crippen LogP contribution in [0, 0.1) is 6.42 Å². The summed E-state index contributed by atoms with van der Waals surface area (Å²) in [4.78, 5) is 0. The highest BCUT2D eigenvalue weighted by Crippen LogP contribution is 2.01. The van der Waals surface area contributed by atoms with Gasteiger partial charge in [0.15, 0.2) is 0 Å². The molecule has 0 bridgehead atoms. The van der Waals surface area contributed by atoms with Gasteiger partial charge in [0.1, 0.15) is 6.17 Å². The molecule has 1 radical (unpaired) electrons. The fraction of sp³-hybridized carbons (Fsp3) is 0.800. The zero-order chi connectivity index (χ0) is 5.11. The molecule has 1 heterocycles. The minimum Gasteiger partial charge on any atom is -0.314 e. The summed E-state index contributed by atoms with van der Waals surface area (Å²) < 4.78 is 12.1. The molecule has 0 aliphatic carbocycles. The predicted octanol–water partition coefficient (Wildman–Crippen LogP) is 0.522. The molecule has 1 nitrogen and oxygen atoms in total. The van der Waals surface area contributed by atoms with Crippen LogP contribution in [-0.2, 0) is 0 Å². The lowest BCUT2D eigenvalue weighted by molar-refractivity contribution is 0.327. The van der Waals surface area contributed by atoms with E-state index in [2.05, 4.69) is 5.32 Å². The van der Waals surface area contributed by atoms with Crippen molar-refractivity contribution in [3.63, 3.8) is 0 Å². The molecule has 0 saturated carbocycles. The van der Waals surface area contributed by atoms with E-state index >= 15 is 0 Å². The first-order valence-corrected chi connectivity index (χ1v) is 2.58. The van der Waals surface area contributed by atoms with E-state index in [9.17, 15) is 4.39 Å². The van der Waals surface area contributed by atoms with Crippen molar-refractivity contribution in [1.29, 1.82) is 0 Å². The van der Waals surface area contributed by atoms with Gasteiger partial charge < -0.3 is 5.32 Å². The zero-order valence-corrected chi connectivity index (χ0v) is 4.15. The minimum absolute atomic E-state index is 0.514. The summed E-state index contributed by atoms with van der Waals surface area (Å²) in [5.74, 6) is 0. The van der Waals surface area contributed by atoms with Crippen LogP contribution in [0.1, 0.15) is 6.42 Å². The number of hydrogen-bond acceptors (Lipinski definition) is 1. The van der Waals surface area contributed by atoms with Crippen LogP contribution < -0.4 is 5.32 Å². The van der Waals surface area contributed by atoms with E-state index < -0.39 is 6.17 Å². The molecule has 0 amide bonds. The smallest absolute Gasteiger partial charge is 0.116 e. The van der Waals surface area contributed by atoms with Gasteiger partial charge in [0, 0.05) is 6.54 Å². The minimum atomic E-state index is -0.700. The lowest BCUT2D eigenvalue weighted by Gasteiger charge is -2.14. The molecule has 2 heteroatoms. The number of piperidine rings is 1.